The maximum atomic E-state index is 12.4. The topological polar surface area (TPSA) is 46.3 Å². The molecular formula is C15H30N2O. The highest BCUT2D eigenvalue weighted by atomic mass is 16.2. The minimum absolute atomic E-state index is 0.196. The molecule has 1 amide bonds. The van der Waals surface area contributed by atoms with Crippen LogP contribution in [0.1, 0.15) is 53.9 Å². The number of likely N-dealkylation sites (tertiary alicyclic amines) is 1. The van der Waals surface area contributed by atoms with E-state index in [1.807, 2.05) is 0 Å². The Balaban J connectivity index is 2.59. The predicted octanol–water partition coefficient (Wildman–Crippen LogP) is 2.64. The minimum Gasteiger partial charge on any atom is -0.340 e. The summed E-state index contributed by atoms with van der Waals surface area (Å²) >= 11 is 0. The molecule has 3 unspecified atom stereocenters. The number of hydrogen-bond acceptors (Lipinski definition) is 2. The van der Waals surface area contributed by atoms with E-state index in [0.29, 0.717) is 36.8 Å². The Morgan fingerprint density at radius 3 is 2.50 bits per heavy atom. The van der Waals surface area contributed by atoms with Gasteiger partial charge in [0.2, 0.25) is 5.91 Å². The van der Waals surface area contributed by atoms with Gasteiger partial charge in [-0.15, -0.1) is 0 Å². The van der Waals surface area contributed by atoms with Crippen molar-refractivity contribution in [1.82, 2.24) is 4.90 Å². The van der Waals surface area contributed by atoms with Crippen LogP contribution in [0.3, 0.4) is 0 Å². The Morgan fingerprint density at radius 1 is 1.39 bits per heavy atom. The fourth-order valence-electron chi connectivity index (χ4n) is 2.41. The van der Waals surface area contributed by atoms with Crippen molar-refractivity contribution in [2.75, 3.05) is 13.1 Å². The second-order valence-corrected chi connectivity index (χ2v) is 7.05. The Labute approximate surface area is 112 Å². The molecule has 106 valence electrons. The van der Waals surface area contributed by atoms with Gasteiger partial charge in [-0.25, -0.2) is 0 Å². The van der Waals surface area contributed by atoms with Crippen LogP contribution < -0.4 is 5.73 Å². The van der Waals surface area contributed by atoms with E-state index in [2.05, 4.69) is 39.5 Å². The highest BCUT2D eigenvalue weighted by Gasteiger charge is 2.31. The number of piperidine rings is 1. The standard InChI is InChI=1S/C15H30N2O/c1-11(15(3,4)5)8-14(18)17-10-13(9-16)7-6-12(17)2/h11-13H,6-10,16H2,1-5H3. The van der Waals surface area contributed by atoms with Crippen LogP contribution in [0.25, 0.3) is 0 Å². The van der Waals surface area contributed by atoms with Gasteiger partial charge in [0.05, 0.1) is 0 Å². The minimum atomic E-state index is 0.196. The van der Waals surface area contributed by atoms with Gasteiger partial charge in [-0.1, -0.05) is 27.7 Å². The summed E-state index contributed by atoms with van der Waals surface area (Å²) in [7, 11) is 0. The van der Waals surface area contributed by atoms with Crippen molar-refractivity contribution in [3.8, 4) is 0 Å². The smallest absolute Gasteiger partial charge is 0.223 e. The van der Waals surface area contributed by atoms with E-state index in [1.54, 1.807) is 0 Å². The van der Waals surface area contributed by atoms with E-state index in [9.17, 15) is 4.79 Å². The quantitative estimate of drug-likeness (QED) is 0.841. The normalized spacial score (nSPS) is 27.1. The van der Waals surface area contributed by atoms with Crippen LogP contribution in [0.4, 0.5) is 0 Å². The Bertz CT molecular complexity index is 283. The summed E-state index contributed by atoms with van der Waals surface area (Å²) in [5.74, 6) is 1.22. The maximum Gasteiger partial charge on any atom is 0.223 e. The lowest BCUT2D eigenvalue weighted by Gasteiger charge is -2.39. The zero-order chi connectivity index (χ0) is 13.9. The van der Waals surface area contributed by atoms with Gasteiger partial charge in [0.25, 0.3) is 0 Å². The van der Waals surface area contributed by atoms with Crippen molar-refractivity contribution in [1.29, 1.82) is 0 Å². The molecule has 0 aromatic rings. The molecule has 0 aromatic carbocycles. The molecule has 0 saturated carbocycles. The summed E-state index contributed by atoms with van der Waals surface area (Å²) in [4.78, 5) is 14.5. The predicted molar refractivity (Wildman–Crippen MR) is 76.2 cm³/mol. The van der Waals surface area contributed by atoms with Crippen LogP contribution in [0, 0.1) is 17.3 Å². The molecule has 18 heavy (non-hydrogen) atoms. The van der Waals surface area contributed by atoms with E-state index < -0.39 is 0 Å². The first kappa shape index (κ1) is 15.5. The first-order chi connectivity index (χ1) is 8.25. The van der Waals surface area contributed by atoms with Crippen LogP contribution >= 0.6 is 0 Å². The van der Waals surface area contributed by atoms with Gasteiger partial charge >= 0.3 is 0 Å². The van der Waals surface area contributed by atoms with Crippen molar-refractivity contribution >= 4 is 5.91 Å². The molecule has 1 rings (SSSR count). The lowest BCUT2D eigenvalue weighted by atomic mass is 9.79. The van der Waals surface area contributed by atoms with Crippen LogP contribution in [0.15, 0.2) is 0 Å². The van der Waals surface area contributed by atoms with Gasteiger partial charge in [0.1, 0.15) is 0 Å². The Kier molecular flexibility index (Phi) is 5.20. The first-order valence-corrected chi connectivity index (χ1v) is 7.25. The van der Waals surface area contributed by atoms with Crippen molar-refractivity contribution in [3.63, 3.8) is 0 Å². The van der Waals surface area contributed by atoms with Crippen LogP contribution in [-0.4, -0.2) is 29.9 Å². The SMILES string of the molecule is CC1CCC(CN)CN1C(=O)CC(C)C(C)(C)C. The number of nitrogens with two attached hydrogens (primary N) is 1. The number of amides is 1. The second-order valence-electron chi connectivity index (χ2n) is 7.05. The van der Waals surface area contributed by atoms with Crippen molar-refractivity contribution in [3.05, 3.63) is 0 Å². The van der Waals surface area contributed by atoms with Crippen LogP contribution in [0.5, 0.6) is 0 Å². The number of carbonyl (C=O) groups is 1. The second kappa shape index (κ2) is 6.05. The molecule has 3 atom stereocenters. The van der Waals surface area contributed by atoms with Crippen molar-refractivity contribution < 1.29 is 4.79 Å². The number of carbonyl (C=O) groups excluding carboxylic acids is 1. The third-order valence-electron chi connectivity index (χ3n) is 4.59. The van der Waals surface area contributed by atoms with Gasteiger partial charge in [-0.2, -0.15) is 0 Å². The van der Waals surface area contributed by atoms with Crippen molar-refractivity contribution in [2.45, 2.75) is 59.9 Å². The molecular weight excluding hydrogens is 224 g/mol. The summed E-state index contributed by atoms with van der Waals surface area (Å²) < 4.78 is 0. The molecule has 1 aliphatic heterocycles. The third kappa shape index (κ3) is 3.98. The highest BCUT2D eigenvalue weighted by Crippen LogP contribution is 2.30. The summed E-state index contributed by atoms with van der Waals surface area (Å²) in [6, 6.07) is 0.382. The molecule has 1 saturated heterocycles. The third-order valence-corrected chi connectivity index (χ3v) is 4.59. The molecule has 1 fully saturated rings. The lowest BCUT2D eigenvalue weighted by Crippen LogP contribution is -2.47. The molecule has 3 heteroatoms. The molecule has 0 spiro atoms. The average Bonchev–Trinajstić information content (AvgIpc) is 2.28. The molecule has 0 radical (unpaired) electrons. The maximum absolute atomic E-state index is 12.4. The molecule has 1 aliphatic rings. The first-order valence-electron chi connectivity index (χ1n) is 7.25. The van der Waals surface area contributed by atoms with Crippen LogP contribution in [0.2, 0.25) is 0 Å². The number of nitrogens with zero attached hydrogens (tertiary/aromatic N) is 1. The zero-order valence-corrected chi connectivity index (χ0v) is 12.7. The zero-order valence-electron chi connectivity index (χ0n) is 12.7. The van der Waals surface area contributed by atoms with E-state index in [4.69, 9.17) is 5.73 Å². The summed E-state index contributed by atoms with van der Waals surface area (Å²) in [5, 5.41) is 0. The molecule has 0 bridgehead atoms. The van der Waals surface area contributed by atoms with Crippen molar-refractivity contribution in [2.24, 2.45) is 23.0 Å². The Hall–Kier alpha value is -0.570. The van der Waals surface area contributed by atoms with Gasteiger partial charge < -0.3 is 10.6 Å². The van der Waals surface area contributed by atoms with E-state index in [-0.39, 0.29) is 5.41 Å². The number of hydrogen-bond donors (Lipinski definition) is 1. The van der Waals surface area contributed by atoms with E-state index in [1.165, 1.54) is 0 Å². The molecule has 0 aromatic heterocycles. The van der Waals surface area contributed by atoms with E-state index >= 15 is 0 Å². The van der Waals surface area contributed by atoms with Gasteiger partial charge in [-0.05, 0) is 43.6 Å². The average molecular weight is 254 g/mol. The summed E-state index contributed by atoms with van der Waals surface area (Å²) in [6.07, 6.45) is 2.92. The summed E-state index contributed by atoms with van der Waals surface area (Å²) in [5.41, 5.74) is 5.94. The molecule has 0 aliphatic carbocycles. The lowest BCUT2D eigenvalue weighted by molar-refractivity contribution is -0.137. The monoisotopic (exact) mass is 254 g/mol. The molecule has 3 nitrogen and oxygen atoms in total. The van der Waals surface area contributed by atoms with Gasteiger partial charge in [0, 0.05) is 19.0 Å². The fourth-order valence-corrected chi connectivity index (χ4v) is 2.41. The summed E-state index contributed by atoms with van der Waals surface area (Å²) in [6.45, 7) is 12.5. The highest BCUT2D eigenvalue weighted by molar-refractivity contribution is 5.77. The van der Waals surface area contributed by atoms with Crippen LogP contribution in [-0.2, 0) is 4.79 Å². The molecule has 2 N–H and O–H groups in total. The van der Waals surface area contributed by atoms with Gasteiger partial charge in [-0.3, -0.25) is 4.79 Å². The Morgan fingerprint density at radius 2 is 2.00 bits per heavy atom. The fraction of sp³-hybridized carbons (Fsp3) is 0.933. The van der Waals surface area contributed by atoms with E-state index in [0.717, 1.165) is 19.4 Å². The van der Waals surface area contributed by atoms with Gasteiger partial charge in [0.15, 0.2) is 0 Å². The number of rotatable bonds is 3. The largest absolute Gasteiger partial charge is 0.340 e. The molecule has 1 heterocycles.